The van der Waals surface area contributed by atoms with Gasteiger partial charge in [-0.1, -0.05) is 45.1 Å². The molecule has 0 aromatic carbocycles. The molecule has 0 radical (unpaired) electrons. The Labute approximate surface area is 110 Å². The molecule has 1 aliphatic carbocycles. The van der Waals surface area contributed by atoms with Gasteiger partial charge in [-0.3, -0.25) is 4.79 Å². The third-order valence-corrected chi connectivity index (χ3v) is 3.60. The quantitative estimate of drug-likeness (QED) is 0.319. The minimum Gasteiger partial charge on any atom is -0.427 e. The molecule has 0 N–H and O–H groups in total. The molecule has 0 bridgehead atoms. The fourth-order valence-electron chi connectivity index (χ4n) is 2.44. The van der Waals surface area contributed by atoms with Crippen molar-refractivity contribution in [3.05, 3.63) is 36.1 Å². The summed E-state index contributed by atoms with van der Waals surface area (Å²) in [7, 11) is 0. The largest absolute Gasteiger partial charge is 0.427 e. The van der Waals surface area contributed by atoms with Crippen molar-refractivity contribution in [1.29, 1.82) is 0 Å². The van der Waals surface area contributed by atoms with Gasteiger partial charge < -0.3 is 4.74 Å². The van der Waals surface area contributed by atoms with Crippen LogP contribution in [-0.2, 0) is 9.53 Å². The molecule has 1 unspecified atom stereocenters. The smallest absolute Gasteiger partial charge is 0.310 e. The second-order valence-electron chi connectivity index (χ2n) is 5.61. The monoisotopic (exact) mass is 248 g/mol. The fourth-order valence-corrected chi connectivity index (χ4v) is 2.44. The van der Waals surface area contributed by atoms with Gasteiger partial charge in [-0.2, -0.15) is 0 Å². The molecule has 0 aromatic rings. The molecular weight excluding hydrogens is 224 g/mol. The zero-order valence-electron chi connectivity index (χ0n) is 12.0. The van der Waals surface area contributed by atoms with Gasteiger partial charge in [0, 0.05) is 12.3 Å². The number of rotatable bonds is 4. The van der Waals surface area contributed by atoms with Crippen LogP contribution < -0.4 is 0 Å². The van der Waals surface area contributed by atoms with Crippen LogP contribution in [0.2, 0.25) is 0 Å². The zero-order valence-corrected chi connectivity index (χ0v) is 12.0. The molecule has 0 aromatic heterocycles. The van der Waals surface area contributed by atoms with E-state index in [0.717, 1.165) is 6.42 Å². The average molecular weight is 248 g/mol. The number of carbonyl (C=O) groups excluding carboxylic acids is 1. The van der Waals surface area contributed by atoms with Crippen molar-refractivity contribution in [2.24, 2.45) is 11.3 Å². The first-order valence-electron chi connectivity index (χ1n) is 6.61. The Morgan fingerprint density at radius 1 is 1.61 bits per heavy atom. The lowest BCUT2D eigenvalue weighted by molar-refractivity contribution is -0.138. The van der Waals surface area contributed by atoms with Crippen LogP contribution in [0.5, 0.6) is 0 Å². The van der Waals surface area contributed by atoms with Crippen molar-refractivity contribution in [2.45, 2.75) is 47.0 Å². The Morgan fingerprint density at radius 3 is 2.83 bits per heavy atom. The van der Waals surface area contributed by atoms with Gasteiger partial charge in [-0.15, -0.1) is 0 Å². The molecule has 0 amide bonds. The summed E-state index contributed by atoms with van der Waals surface area (Å²) in [5.41, 5.74) is 1.64. The predicted octanol–water partition coefficient (Wildman–Crippen LogP) is 4.39. The molecule has 18 heavy (non-hydrogen) atoms. The van der Waals surface area contributed by atoms with E-state index >= 15 is 0 Å². The standard InChI is InChI=1S/C16H24O2/c1-6-15(17)18-13(3)9-10-14-12(2)8-7-11-16(14,4)5/h8-10,14H,3,6-7,11H2,1-2,4-5H3. The number of hydrogen-bond donors (Lipinski definition) is 0. The normalized spacial score (nSPS) is 22.7. The molecule has 0 fully saturated rings. The Kier molecular flexibility index (Phi) is 4.94. The average Bonchev–Trinajstić information content (AvgIpc) is 2.27. The highest BCUT2D eigenvalue weighted by Gasteiger charge is 2.30. The lowest BCUT2D eigenvalue weighted by Crippen LogP contribution is -2.26. The SMILES string of the molecule is C=C(C=CC1C(C)=CCCC1(C)C)OC(=O)CC. The van der Waals surface area contributed by atoms with Gasteiger partial charge in [0.2, 0.25) is 0 Å². The molecule has 100 valence electrons. The Balaban J connectivity index is 2.70. The second kappa shape index (κ2) is 6.03. The van der Waals surface area contributed by atoms with E-state index < -0.39 is 0 Å². The van der Waals surface area contributed by atoms with Gasteiger partial charge in [0.05, 0.1) is 0 Å². The fraction of sp³-hybridized carbons (Fsp3) is 0.562. The molecule has 2 nitrogen and oxygen atoms in total. The summed E-state index contributed by atoms with van der Waals surface area (Å²) in [5, 5.41) is 0. The van der Waals surface area contributed by atoms with E-state index in [4.69, 9.17) is 4.74 Å². The maximum atomic E-state index is 11.1. The first kappa shape index (κ1) is 14.7. The van der Waals surface area contributed by atoms with Crippen molar-refractivity contribution in [1.82, 2.24) is 0 Å². The Bertz CT molecular complexity index is 386. The van der Waals surface area contributed by atoms with Gasteiger partial charge in [0.25, 0.3) is 0 Å². The maximum Gasteiger partial charge on any atom is 0.310 e. The Morgan fingerprint density at radius 2 is 2.28 bits per heavy atom. The first-order valence-corrected chi connectivity index (χ1v) is 6.61. The van der Waals surface area contributed by atoms with Crippen LogP contribution in [0.15, 0.2) is 36.1 Å². The van der Waals surface area contributed by atoms with E-state index in [1.807, 2.05) is 6.08 Å². The van der Waals surface area contributed by atoms with Crippen molar-refractivity contribution >= 4 is 5.97 Å². The van der Waals surface area contributed by atoms with E-state index in [-0.39, 0.29) is 11.4 Å². The van der Waals surface area contributed by atoms with Gasteiger partial charge >= 0.3 is 5.97 Å². The summed E-state index contributed by atoms with van der Waals surface area (Å²) in [5.74, 6) is 0.583. The molecular formula is C16H24O2. The molecule has 1 aliphatic rings. The number of hydrogen-bond acceptors (Lipinski definition) is 2. The Hall–Kier alpha value is -1.31. The van der Waals surface area contributed by atoms with Crippen molar-refractivity contribution in [3.8, 4) is 0 Å². The third-order valence-electron chi connectivity index (χ3n) is 3.60. The second-order valence-corrected chi connectivity index (χ2v) is 5.61. The molecule has 0 saturated heterocycles. The lowest BCUT2D eigenvalue weighted by Gasteiger charge is -2.36. The highest BCUT2D eigenvalue weighted by atomic mass is 16.5. The van der Waals surface area contributed by atoms with E-state index in [2.05, 4.69) is 39.5 Å². The number of esters is 1. The summed E-state index contributed by atoms with van der Waals surface area (Å²) >= 11 is 0. The lowest BCUT2D eigenvalue weighted by atomic mass is 9.68. The van der Waals surface area contributed by atoms with Crippen molar-refractivity contribution < 1.29 is 9.53 Å². The van der Waals surface area contributed by atoms with Gasteiger partial charge in [0.15, 0.2) is 0 Å². The van der Waals surface area contributed by atoms with Crippen LogP contribution in [0.25, 0.3) is 0 Å². The zero-order chi connectivity index (χ0) is 13.8. The predicted molar refractivity (Wildman–Crippen MR) is 74.9 cm³/mol. The molecule has 0 spiro atoms. The summed E-state index contributed by atoms with van der Waals surface area (Å²) in [6.45, 7) is 12.2. The van der Waals surface area contributed by atoms with Crippen LogP contribution in [-0.4, -0.2) is 5.97 Å². The van der Waals surface area contributed by atoms with Crippen LogP contribution in [0, 0.1) is 11.3 Å². The summed E-state index contributed by atoms with van der Waals surface area (Å²) < 4.78 is 5.05. The van der Waals surface area contributed by atoms with E-state index in [1.54, 1.807) is 6.92 Å². The van der Waals surface area contributed by atoms with Crippen molar-refractivity contribution in [3.63, 3.8) is 0 Å². The summed E-state index contributed by atoms with van der Waals surface area (Å²) in [4.78, 5) is 11.1. The highest BCUT2D eigenvalue weighted by molar-refractivity contribution is 5.70. The highest BCUT2D eigenvalue weighted by Crippen LogP contribution is 2.41. The van der Waals surface area contributed by atoms with Gasteiger partial charge in [-0.05, 0) is 31.3 Å². The maximum absolute atomic E-state index is 11.1. The third kappa shape index (κ3) is 3.86. The van der Waals surface area contributed by atoms with Gasteiger partial charge in [0.1, 0.15) is 5.76 Å². The molecule has 1 atom stereocenters. The summed E-state index contributed by atoms with van der Waals surface area (Å²) in [6, 6.07) is 0. The van der Waals surface area contributed by atoms with Crippen LogP contribution in [0.1, 0.15) is 47.0 Å². The molecule has 0 heterocycles. The van der Waals surface area contributed by atoms with Crippen LogP contribution >= 0.6 is 0 Å². The molecule has 0 aliphatic heterocycles. The molecule has 1 rings (SSSR count). The number of allylic oxidation sites excluding steroid dienone is 4. The first-order chi connectivity index (χ1) is 8.36. The van der Waals surface area contributed by atoms with E-state index in [1.165, 1.54) is 12.0 Å². The van der Waals surface area contributed by atoms with Crippen LogP contribution in [0.3, 0.4) is 0 Å². The minimum absolute atomic E-state index is 0.236. The van der Waals surface area contributed by atoms with E-state index in [0.29, 0.717) is 18.1 Å². The van der Waals surface area contributed by atoms with Crippen molar-refractivity contribution in [2.75, 3.05) is 0 Å². The number of ether oxygens (including phenoxy) is 1. The van der Waals surface area contributed by atoms with Gasteiger partial charge in [-0.25, -0.2) is 0 Å². The van der Waals surface area contributed by atoms with E-state index in [9.17, 15) is 4.79 Å². The topological polar surface area (TPSA) is 26.3 Å². The molecule has 2 heteroatoms. The number of carbonyl (C=O) groups is 1. The minimum atomic E-state index is -0.236. The summed E-state index contributed by atoms with van der Waals surface area (Å²) in [6.07, 6.45) is 8.93. The molecule has 0 saturated carbocycles. The van der Waals surface area contributed by atoms with Crippen LogP contribution in [0.4, 0.5) is 0 Å².